The van der Waals surface area contributed by atoms with Crippen LogP contribution in [0, 0.1) is 28.4 Å². The molecule has 3 nitrogen and oxygen atoms in total. The second-order valence-corrected chi connectivity index (χ2v) is 5.85. The summed E-state index contributed by atoms with van der Waals surface area (Å²) >= 11 is 0. The molecule has 1 aliphatic carbocycles. The minimum absolute atomic E-state index is 0.0205. The van der Waals surface area contributed by atoms with Crippen molar-refractivity contribution in [3.8, 4) is 6.07 Å². The Kier molecular flexibility index (Phi) is 5.27. The Bertz CT molecular complexity index is 511. The van der Waals surface area contributed by atoms with E-state index in [2.05, 4.69) is 5.32 Å². The number of aliphatic hydroxyl groups is 1. The normalized spacial score (nSPS) is 17.4. The zero-order valence-corrected chi connectivity index (χ0v) is 12.0. The Morgan fingerprint density at radius 2 is 1.81 bits per heavy atom. The van der Waals surface area contributed by atoms with E-state index in [9.17, 15) is 13.9 Å². The van der Waals surface area contributed by atoms with Crippen LogP contribution >= 0.6 is 0 Å². The van der Waals surface area contributed by atoms with Gasteiger partial charge in [0.1, 0.15) is 11.6 Å². The number of nitriles is 1. The van der Waals surface area contributed by atoms with E-state index in [1.165, 1.54) is 6.42 Å². The monoisotopic (exact) mass is 294 g/mol. The van der Waals surface area contributed by atoms with Crippen molar-refractivity contribution in [3.63, 3.8) is 0 Å². The third-order valence-electron chi connectivity index (χ3n) is 4.32. The molecule has 0 atom stereocenters. The highest BCUT2D eigenvalue weighted by Crippen LogP contribution is 2.35. The van der Waals surface area contributed by atoms with Crippen LogP contribution in [0.1, 0.15) is 43.2 Å². The Morgan fingerprint density at radius 3 is 2.33 bits per heavy atom. The summed E-state index contributed by atoms with van der Waals surface area (Å²) < 4.78 is 27.5. The molecule has 0 saturated heterocycles. The summed E-state index contributed by atoms with van der Waals surface area (Å²) in [5.74, 6) is -1.42. The van der Waals surface area contributed by atoms with Crippen LogP contribution in [0.5, 0.6) is 0 Å². The van der Waals surface area contributed by atoms with Crippen molar-refractivity contribution in [2.75, 3.05) is 13.2 Å². The quantitative estimate of drug-likeness (QED) is 0.878. The van der Waals surface area contributed by atoms with Crippen LogP contribution in [0.15, 0.2) is 12.1 Å². The SMILES string of the molecule is N#Cc1cc(F)c(CNCC2(CO)CCCCC2)c(F)c1. The van der Waals surface area contributed by atoms with Crippen molar-refractivity contribution in [1.29, 1.82) is 5.26 Å². The Hall–Kier alpha value is -1.51. The summed E-state index contributed by atoms with van der Waals surface area (Å²) in [4.78, 5) is 0. The number of hydrogen-bond donors (Lipinski definition) is 2. The van der Waals surface area contributed by atoms with E-state index >= 15 is 0 Å². The number of aliphatic hydroxyl groups excluding tert-OH is 1. The van der Waals surface area contributed by atoms with Crippen molar-refractivity contribution >= 4 is 0 Å². The standard InChI is InChI=1S/C16H20F2N2O/c17-14-6-12(8-19)7-15(18)13(14)9-20-10-16(11-21)4-2-1-3-5-16/h6-7,20-21H,1-5,9-11H2. The topological polar surface area (TPSA) is 56.0 Å². The van der Waals surface area contributed by atoms with Crippen LogP contribution < -0.4 is 5.32 Å². The molecule has 0 spiro atoms. The van der Waals surface area contributed by atoms with Crippen molar-refractivity contribution in [2.24, 2.45) is 5.41 Å². The zero-order valence-electron chi connectivity index (χ0n) is 12.0. The minimum atomic E-state index is -0.708. The van der Waals surface area contributed by atoms with Crippen LogP contribution in [0.4, 0.5) is 8.78 Å². The minimum Gasteiger partial charge on any atom is -0.396 e. The molecule has 2 rings (SSSR count). The van der Waals surface area contributed by atoms with E-state index in [4.69, 9.17) is 5.26 Å². The van der Waals surface area contributed by atoms with Gasteiger partial charge in [0, 0.05) is 30.7 Å². The van der Waals surface area contributed by atoms with Gasteiger partial charge in [-0.05, 0) is 25.0 Å². The number of rotatable bonds is 5. The second kappa shape index (κ2) is 6.97. The molecule has 0 aromatic heterocycles. The van der Waals surface area contributed by atoms with Gasteiger partial charge in [-0.2, -0.15) is 5.26 Å². The highest BCUT2D eigenvalue weighted by Gasteiger charge is 2.31. The van der Waals surface area contributed by atoms with Crippen LogP contribution in [0.2, 0.25) is 0 Å². The molecule has 0 amide bonds. The first-order valence-corrected chi connectivity index (χ1v) is 7.30. The first kappa shape index (κ1) is 15.9. The van der Waals surface area contributed by atoms with Crippen LogP contribution in [-0.4, -0.2) is 18.3 Å². The molecule has 1 aromatic carbocycles. The van der Waals surface area contributed by atoms with Gasteiger partial charge in [0.25, 0.3) is 0 Å². The van der Waals surface area contributed by atoms with Crippen molar-refractivity contribution in [2.45, 2.75) is 38.6 Å². The van der Waals surface area contributed by atoms with Crippen LogP contribution in [-0.2, 0) is 6.54 Å². The molecule has 114 valence electrons. The van der Waals surface area contributed by atoms with Gasteiger partial charge in [-0.1, -0.05) is 19.3 Å². The van der Waals surface area contributed by atoms with E-state index in [0.717, 1.165) is 37.8 Å². The smallest absolute Gasteiger partial charge is 0.131 e. The van der Waals surface area contributed by atoms with E-state index in [1.54, 1.807) is 6.07 Å². The Labute approximate surface area is 123 Å². The molecule has 0 aliphatic heterocycles. The lowest BCUT2D eigenvalue weighted by atomic mass is 9.74. The van der Waals surface area contributed by atoms with E-state index in [-0.39, 0.29) is 29.7 Å². The Morgan fingerprint density at radius 1 is 1.19 bits per heavy atom. The van der Waals surface area contributed by atoms with Crippen LogP contribution in [0.25, 0.3) is 0 Å². The largest absolute Gasteiger partial charge is 0.396 e. The first-order valence-electron chi connectivity index (χ1n) is 7.30. The molecule has 5 heteroatoms. The number of nitrogens with zero attached hydrogens (tertiary/aromatic N) is 1. The lowest BCUT2D eigenvalue weighted by Gasteiger charge is -2.35. The second-order valence-electron chi connectivity index (χ2n) is 5.85. The fourth-order valence-corrected chi connectivity index (χ4v) is 2.98. The van der Waals surface area contributed by atoms with Crippen LogP contribution in [0.3, 0.4) is 0 Å². The van der Waals surface area contributed by atoms with Gasteiger partial charge < -0.3 is 10.4 Å². The van der Waals surface area contributed by atoms with Gasteiger partial charge in [-0.3, -0.25) is 0 Å². The average Bonchev–Trinajstić information content (AvgIpc) is 2.50. The summed E-state index contributed by atoms with van der Waals surface area (Å²) in [5, 5.41) is 21.3. The third-order valence-corrected chi connectivity index (χ3v) is 4.32. The van der Waals surface area contributed by atoms with E-state index in [0.29, 0.717) is 6.54 Å². The van der Waals surface area contributed by atoms with Gasteiger partial charge in [0.15, 0.2) is 0 Å². The number of halogens is 2. The van der Waals surface area contributed by atoms with E-state index < -0.39 is 11.6 Å². The molecule has 0 unspecified atom stereocenters. The van der Waals surface area contributed by atoms with Gasteiger partial charge in [-0.15, -0.1) is 0 Å². The fourth-order valence-electron chi connectivity index (χ4n) is 2.98. The highest BCUT2D eigenvalue weighted by molar-refractivity contribution is 5.34. The third kappa shape index (κ3) is 3.78. The number of nitrogens with one attached hydrogen (secondary N) is 1. The predicted octanol–water partition coefficient (Wildman–Crippen LogP) is 2.87. The number of hydrogen-bond acceptors (Lipinski definition) is 3. The fraction of sp³-hybridized carbons (Fsp3) is 0.562. The van der Waals surface area contributed by atoms with Gasteiger partial charge in [0.2, 0.25) is 0 Å². The van der Waals surface area contributed by atoms with Gasteiger partial charge in [-0.25, -0.2) is 8.78 Å². The van der Waals surface area contributed by atoms with Crippen molar-refractivity contribution in [3.05, 3.63) is 34.9 Å². The predicted molar refractivity (Wildman–Crippen MR) is 75.4 cm³/mol. The molecule has 1 aliphatic rings. The Balaban J connectivity index is 1.99. The maximum absolute atomic E-state index is 13.8. The maximum Gasteiger partial charge on any atom is 0.131 e. The number of benzene rings is 1. The van der Waals surface area contributed by atoms with Crippen molar-refractivity contribution < 1.29 is 13.9 Å². The molecule has 1 saturated carbocycles. The lowest BCUT2D eigenvalue weighted by Crippen LogP contribution is -2.39. The summed E-state index contributed by atoms with van der Waals surface area (Å²) in [7, 11) is 0. The highest BCUT2D eigenvalue weighted by atomic mass is 19.1. The van der Waals surface area contributed by atoms with Crippen molar-refractivity contribution in [1.82, 2.24) is 5.32 Å². The summed E-state index contributed by atoms with van der Waals surface area (Å²) in [6, 6.07) is 3.81. The summed E-state index contributed by atoms with van der Waals surface area (Å²) in [6.07, 6.45) is 5.23. The average molecular weight is 294 g/mol. The lowest BCUT2D eigenvalue weighted by molar-refractivity contribution is 0.0809. The first-order chi connectivity index (χ1) is 10.1. The molecule has 0 bridgehead atoms. The molecular weight excluding hydrogens is 274 g/mol. The molecule has 1 fully saturated rings. The summed E-state index contributed by atoms with van der Waals surface area (Å²) in [6.45, 7) is 0.700. The summed E-state index contributed by atoms with van der Waals surface area (Å²) in [5.41, 5.74) is -0.247. The zero-order chi connectivity index (χ0) is 15.3. The maximum atomic E-state index is 13.8. The van der Waals surface area contributed by atoms with Gasteiger partial charge >= 0.3 is 0 Å². The molecular formula is C16H20F2N2O. The molecule has 0 heterocycles. The molecule has 1 aromatic rings. The van der Waals surface area contributed by atoms with E-state index in [1.807, 2.05) is 0 Å². The molecule has 2 N–H and O–H groups in total. The molecule has 21 heavy (non-hydrogen) atoms. The van der Waals surface area contributed by atoms with Gasteiger partial charge in [0.05, 0.1) is 11.6 Å². The molecule has 0 radical (unpaired) electrons.